The van der Waals surface area contributed by atoms with E-state index in [0.29, 0.717) is 13.1 Å². The maximum atomic E-state index is 13.1. The van der Waals surface area contributed by atoms with Crippen LogP contribution in [-0.4, -0.2) is 92.6 Å². The van der Waals surface area contributed by atoms with Crippen LogP contribution in [0.3, 0.4) is 0 Å². The van der Waals surface area contributed by atoms with E-state index < -0.39 is 0 Å². The molecule has 0 spiro atoms. The van der Waals surface area contributed by atoms with Crippen LogP contribution in [0.25, 0.3) is 0 Å². The third kappa shape index (κ3) is 7.29. The highest BCUT2D eigenvalue weighted by Crippen LogP contribution is 2.24. The quantitative estimate of drug-likeness (QED) is 0.699. The zero-order valence-corrected chi connectivity index (χ0v) is 19.9. The number of hydrogen-bond donors (Lipinski definition) is 0. The third-order valence-electron chi connectivity index (χ3n) is 6.61. The lowest BCUT2D eigenvalue weighted by Crippen LogP contribution is -2.51. The van der Waals surface area contributed by atoms with Crippen LogP contribution < -0.4 is 4.90 Å². The highest BCUT2D eigenvalue weighted by atomic mass is 16.5. The molecule has 2 heterocycles. The lowest BCUT2D eigenvalue weighted by atomic mass is 10.1. The molecular weight excluding hydrogens is 404 g/mol. The molecule has 178 valence electrons. The summed E-state index contributed by atoms with van der Waals surface area (Å²) < 4.78 is 5.17. The van der Waals surface area contributed by atoms with Gasteiger partial charge in [0, 0.05) is 65.5 Å². The fraction of sp³-hybridized carbons (Fsp3) is 0.680. The predicted octanol–water partition coefficient (Wildman–Crippen LogP) is 2.60. The third-order valence-corrected chi connectivity index (χ3v) is 6.61. The molecule has 2 amide bonds. The largest absolute Gasteiger partial charge is 0.383 e. The SMILES string of the molecule is COCCN1CCN(C(=O)CN2CCCCCCCN(C(C)=O)c3ccccc3C2)CC1. The van der Waals surface area contributed by atoms with Crippen molar-refractivity contribution in [3.05, 3.63) is 29.8 Å². The number of methoxy groups -OCH3 is 1. The first-order valence-electron chi connectivity index (χ1n) is 12.2. The molecule has 0 aromatic heterocycles. The summed E-state index contributed by atoms with van der Waals surface area (Å²) in [6, 6.07) is 8.17. The topological polar surface area (TPSA) is 56.3 Å². The molecule has 32 heavy (non-hydrogen) atoms. The number of rotatable bonds is 5. The van der Waals surface area contributed by atoms with Gasteiger partial charge in [-0.3, -0.25) is 19.4 Å². The minimum Gasteiger partial charge on any atom is -0.383 e. The van der Waals surface area contributed by atoms with Crippen LogP contribution in [0.2, 0.25) is 0 Å². The van der Waals surface area contributed by atoms with Gasteiger partial charge in [0.2, 0.25) is 11.8 Å². The number of carbonyl (C=O) groups excluding carboxylic acids is 2. The van der Waals surface area contributed by atoms with Gasteiger partial charge in [-0.1, -0.05) is 37.5 Å². The van der Waals surface area contributed by atoms with E-state index in [-0.39, 0.29) is 11.8 Å². The van der Waals surface area contributed by atoms with Crippen LogP contribution >= 0.6 is 0 Å². The van der Waals surface area contributed by atoms with Gasteiger partial charge in [-0.25, -0.2) is 0 Å². The Bertz CT molecular complexity index is 734. The van der Waals surface area contributed by atoms with E-state index in [4.69, 9.17) is 4.74 Å². The number of piperazine rings is 1. The Morgan fingerprint density at radius 1 is 0.875 bits per heavy atom. The molecule has 0 aliphatic carbocycles. The normalized spacial score (nSPS) is 19.7. The van der Waals surface area contributed by atoms with Crippen molar-refractivity contribution in [1.82, 2.24) is 14.7 Å². The average Bonchev–Trinajstić information content (AvgIpc) is 2.79. The van der Waals surface area contributed by atoms with Crippen molar-refractivity contribution in [3.8, 4) is 0 Å². The first-order valence-corrected chi connectivity index (χ1v) is 12.2. The molecule has 3 rings (SSSR count). The molecule has 0 atom stereocenters. The smallest absolute Gasteiger partial charge is 0.236 e. The predicted molar refractivity (Wildman–Crippen MR) is 128 cm³/mol. The Morgan fingerprint density at radius 3 is 2.28 bits per heavy atom. The van der Waals surface area contributed by atoms with Gasteiger partial charge in [-0.2, -0.15) is 0 Å². The van der Waals surface area contributed by atoms with Crippen molar-refractivity contribution in [1.29, 1.82) is 0 Å². The molecule has 1 aromatic rings. The van der Waals surface area contributed by atoms with Crippen LogP contribution in [-0.2, 0) is 20.9 Å². The minimum absolute atomic E-state index is 0.0866. The van der Waals surface area contributed by atoms with Gasteiger partial charge in [0.25, 0.3) is 0 Å². The first-order chi connectivity index (χ1) is 15.6. The summed E-state index contributed by atoms with van der Waals surface area (Å²) in [5.41, 5.74) is 2.12. The number of nitrogens with zero attached hydrogens (tertiary/aromatic N) is 4. The van der Waals surface area contributed by atoms with E-state index in [1.54, 1.807) is 14.0 Å². The number of benzene rings is 1. The average molecular weight is 445 g/mol. The van der Waals surface area contributed by atoms with Gasteiger partial charge in [-0.05, 0) is 31.0 Å². The molecule has 7 nitrogen and oxygen atoms in total. The van der Waals surface area contributed by atoms with Gasteiger partial charge in [0.15, 0.2) is 0 Å². The summed E-state index contributed by atoms with van der Waals surface area (Å²) in [5.74, 6) is 0.299. The summed E-state index contributed by atoms with van der Waals surface area (Å²) in [6.45, 7) is 9.49. The van der Waals surface area contributed by atoms with Crippen molar-refractivity contribution in [2.45, 2.75) is 45.6 Å². The molecule has 2 aliphatic heterocycles. The van der Waals surface area contributed by atoms with Crippen molar-refractivity contribution >= 4 is 17.5 Å². The van der Waals surface area contributed by atoms with E-state index in [0.717, 1.165) is 82.9 Å². The van der Waals surface area contributed by atoms with Crippen LogP contribution in [0, 0.1) is 0 Å². The summed E-state index contributed by atoms with van der Waals surface area (Å²) in [4.78, 5) is 34.1. The summed E-state index contributed by atoms with van der Waals surface area (Å²) >= 11 is 0. The zero-order chi connectivity index (χ0) is 22.8. The molecule has 0 N–H and O–H groups in total. The number of anilines is 1. The van der Waals surface area contributed by atoms with Gasteiger partial charge >= 0.3 is 0 Å². The number of hydrogen-bond acceptors (Lipinski definition) is 5. The van der Waals surface area contributed by atoms with E-state index in [2.05, 4.69) is 15.9 Å². The second kappa shape index (κ2) is 12.9. The highest BCUT2D eigenvalue weighted by Gasteiger charge is 2.24. The summed E-state index contributed by atoms with van der Waals surface area (Å²) in [7, 11) is 1.73. The Balaban J connectivity index is 1.67. The molecular formula is C25H40N4O3. The zero-order valence-electron chi connectivity index (χ0n) is 19.9. The standard InChI is InChI=1S/C25H40N4O3/c1-22(30)29-13-9-5-3-4-8-12-27(20-23-10-6-7-11-24(23)29)21-25(31)28-16-14-26(15-17-28)18-19-32-2/h6-7,10-11H,3-5,8-9,12-21H2,1-2H3. The minimum atomic E-state index is 0.0866. The highest BCUT2D eigenvalue weighted by molar-refractivity contribution is 5.92. The first kappa shape index (κ1) is 24.7. The molecule has 2 aliphatic rings. The Kier molecular flexibility index (Phi) is 9.96. The Hall–Kier alpha value is -1.96. The van der Waals surface area contributed by atoms with Gasteiger partial charge < -0.3 is 14.5 Å². The number of amides is 2. The maximum Gasteiger partial charge on any atom is 0.236 e. The van der Waals surface area contributed by atoms with Gasteiger partial charge in [0.1, 0.15) is 0 Å². The van der Waals surface area contributed by atoms with Crippen molar-refractivity contribution in [3.63, 3.8) is 0 Å². The van der Waals surface area contributed by atoms with Crippen LogP contribution in [0.1, 0.15) is 44.6 Å². The Morgan fingerprint density at radius 2 is 1.56 bits per heavy atom. The van der Waals surface area contributed by atoms with E-state index in [9.17, 15) is 9.59 Å². The second-order valence-electron chi connectivity index (χ2n) is 8.99. The lowest BCUT2D eigenvalue weighted by molar-refractivity contribution is -0.134. The molecule has 7 heteroatoms. The van der Waals surface area contributed by atoms with Crippen LogP contribution in [0.15, 0.2) is 24.3 Å². The lowest BCUT2D eigenvalue weighted by Gasteiger charge is -2.36. The molecule has 0 saturated carbocycles. The van der Waals surface area contributed by atoms with Gasteiger partial charge in [-0.15, -0.1) is 0 Å². The summed E-state index contributed by atoms with van der Waals surface area (Å²) in [6.07, 6.45) is 5.63. The molecule has 0 radical (unpaired) electrons. The van der Waals surface area contributed by atoms with Crippen LogP contribution in [0.4, 0.5) is 5.69 Å². The van der Waals surface area contributed by atoms with E-state index in [1.165, 1.54) is 12.8 Å². The van der Waals surface area contributed by atoms with Gasteiger partial charge in [0.05, 0.1) is 13.2 Å². The van der Waals surface area contributed by atoms with Crippen molar-refractivity contribution in [2.24, 2.45) is 0 Å². The number of carbonyl (C=O) groups is 2. The molecule has 1 fully saturated rings. The van der Waals surface area contributed by atoms with Crippen molar-refractivity contribution < 1.29 is 14.3 Å². The molecule has 0 unspecified atom stereocenters. The Labute approximate surface area is 193 Å². The number of para-hydroxylation sites is 1. The van der Waals surface area contributed by atoms with E-state index in [1.807, 2.05) is 28.0 Å². The van der Waals surface area contributed by atoms with Crippen LogP contribution in [0.5, 0.6) is 0 Å². The fourth-order valence-electron chi connectivity index (χ4n) is 4.68. The fourth-order valence-corrected chi connectivity index (χ4v) is 4.68. The maximum absolute atomic E-state index is 13.1. The van der Waals surface area contributed by atoms with E-state index >= 15 is 0 Å². The summed E-state index contributed by atoms with van der Waals surface area (Å²) in [5, 5.41) is 0. The number of fused-ring (bicyclic) bond motifs is 1. The molecule has 0 bridgehead atoms. The monoisotopic (exact) mass is 444 g/mol. The molecule has 1 saturated heterocycles. The van der Waals surface area contributed by atoms with Crippen molar-refractivity contribution in [2.75, 3.05) is 71.0 Å². The molecule has 1 aromatic carbocycles. The number of ether oxygens (including phenoxy) is 1. The second-order valence-corrected chi connectivity index (χ2v) is 8.99.